The third kappa shape index (κ3) is 2.64. The lowest BCUT2D eigenvalue weighted by molar-refractivity contribution is 0.576. The molecule has 5 heteroatoms. The fourth-order valence-corrected chi connectivity index (χ4v) is 1.93. The van der Waals surface area contributed by atoms with E-state index in [1.165, 1.54) is 6.07 Å². The number of aromatic nitrogens is 2. The van der Waals surface area contributed by atoms with E-state index in [0.29, 0.717) is 18.3 Å². The van der Waals surface area contributed by atoms with Crippen molar-refractivity contribution in [3.8, 4) is 0 Å². The van der Waals surface area contributed by atoms with Crippen molar-refractivity contribution < 1.29 is 4.39 Å². The molecule has 2 rings (SSSR count). The summed E-state index contributed by atoms with van der Waals surface area (Å²) >= 11 is 5.72. The zero-order valence-electron chi connectivity index (χ0n) is 10.3. The zero-order valence-corrected chi connectivity index (χ0v) is 11.1. The van der Waals surface area contributed by atoms with Crippen LogP contribution >= 0.6 is 11.6 Å². The van der Waals surface area contributed by atoms with Crippen molar-refractivity contribution in [1.82, 2.24) is 9.55 Å². The number of benzene rings is 1. The highest BCUT2D eigenvalue weighted by molar-refractivity contribution is 6.31. The molecule has 1 aromatic heterocycles. The summed E-state index contributed by atoms with van der Waals surface area (Å²) < 4.78 is 15.7. The summed E-state index contributed by atoms with van der Waals surface area (Å²) in [5, 5.41) is 3.15. The van der Waals surface area contributed by atoms with Gasteiger partial charge in [0.15, 0.2) is 5.82 Å². The van der Waals surface area contributed by atoms with Crippen molar-refractivity contribution >= 4 is 17.3 Å². The second-order valence-corrected chi connectivity index (χ2v) is 4.75. The summed E-state index contributed by atoms with van der Waals surface area (Å²) in [6.45, 7) is 4.66. The van der Waals surface area contributed by atoms with Gasteiger partial charge in [0.25, 0.3) is 0 Å². The topological polar surface area (TPSA) is 29.9 Å². The van der Waals surface area contributed by atoms with Crippen LogP contribution in [0.25, 0.3) is 0 Å². The molecule has 0 radical (unpaired) electrons. The Hall–Kier alpha value is -1.55. The van der Waals surface area contributed by atoms with Crippen LogP contribution in [0.1, 0.15) is 25.6 Å². The quantitative estimate of drug-likeness (QED) is 0.911. The number of anilines is 1. The Morgan fingerprint density at radius 3 is 2.94 bits per heavy atom. The van der Waals surface area contributed by atoms with Crippen LogP contribution in [-0.4, -0.2) is 9.55 Å². The zero-order chi connectivity index (χ0) is 13.1. The van der Waals surface area contributed by atoms with Crippen LogP contribution in [0.4, 0.5) is 10.1 Å². The van der Waals surface area contributed by atoms with Crippen LogP contribution in [0.2, 0.25) is 5.02 Å². The van der Waals surface area contributed by atoms with Crippen LogP contribution < -0.4 is 5.32 Å². The van der Waals surface area contributed by atoms with E-state index >= 15 is 0 Å². The molecule has 3 nitrogen and oxygen atoms in total. The van der Waals surface area contributed by atoms with E-state index in [9.17, 15) is 4.39 Å². The lowest BCUT2D eigenvalue weighted by Gasteiger charge is -2.13. The molecule has 1 aromatic carbocycles. The third-order valence-corrected chi connectivity index (χ3v) is 3.01. The summed E-state index contributed by atoms with van der Waals surface area (Å²) in [6, 6.07) is 5.24. The Balaban J connectivity index is 2.12. The van der Waals surface area contributed by atoms with Crippen LogP contribution in [0.5, 0.6) is 0 Å². The van der Waals surface area contributed by atoms with Gasteiger partial charge in [-0.25, -0.2) is 9.37 Å². The highest BCUT2D eigenvalue weighted by Gasteiger charge is 2.08. The molecule has 0 spiro atoms. The molecule has 0 fully saturated rings. The molecular weight excluding hydrogens is 253 g/mol. The Labute approximate surface area is 111 Å². The summed E-state index contributed by atoms with van der Waals surface area (Å²) in [7, 11) is 0. The number of nitrogens with zero attached hydrogens (tertiary/aromatic N) is 2. The predicted octanol–water partition coefficient (Wildman–Crippen LogP) is 3.87. The number of imidazole rings is 1. The number of nitrogens with one attached hydrogen (secondary N) is 1. The van der Waals surface area contributed by atoms with Gasteiger partial charge in [0.05, 0.1) is 29.3 Å². The Kier molecular flexibility index (Phi) is 3.87. The van der Waals surface area contributed by atoms with E-state index in [1.54, 1.807) is 24.7 Å². The number of hydrogen-bond donors (Lipinski definition) is 1. The van der Waals surface area contributed by atoms with Gasteiger partial charge in [-0.2, -0.15) is 0 Å². The van der Waals surface area contributed by atoms with Crippen molar-refractivity contribution in [1.29, 1.82) is 0 Å². The van der Waals surface area contributed by atoms with Crippen molar-refractivity contribution in [3.63, 3.8) is 0 Å². The first kappa shape index (κ1) is 12.9. The second kappa shape index (κ2) is 5.40. The maximum atomic E-state index is 13.7. The summed E-state index contributed by atoms with van der Waals surface area (Å²) in [5.74, 6) is -0.422. The number of rotatable bonds is 4. The highest BCUT2D eigenvalue weighted by atomic mass is 35.5. The van der Waals surface area contributed by atoms with E-state index < -0.39 is 5.82 Å². The summed E-state index contributed by atoms with van der Waals surface area (Å²) in [6.07, 6.45) is 3.55. The van der Waals surface area contributed by atoms with Crippen molar-refractivity contribution in [2.45, 2.75) is 26.4 Å². The predicted molar refractivity (Wildman–Crippen MR) is 71.3 cm³/mol. The first-order valence-electron chi connectivity index (χ1n) is 5.78. The lowest BCUT2D eigenvalue weighted by Crippen LogP contribution is -2.09. The van der Waals surface area contributed by atoms with Crippen LogP contribution in [0.15, 0.2) is 30.7 Å². The second-order valence-electron chi connectivity index (χ2n) is 4.34. The van der Waals surface area contributed by atoms with E-state index in [2.05, 4.69) is 24.1 Å². The molecule has 96 valence electrons. The average molecular weight is 268 g/mol. The Bertz CT molecular complexity index is 537. The van der Waals surface area contributed by atoms with Gasteiger partial charge in [0.2, 0.25) is 0 Å². The number of halogens is 2. The van der Waals surface area contributed by atoms with Gasteiger partial charge in [0, 0.05) is 12.2 Å². The molecule has 0 saturated heterocycles. The Morgan fingerprint density at radius 2 is 2.22 bits per heavy atom. The first-order chi connectivity index (χ1) is 8.59. The van der Waals surface area contributed by atoms with E-state index in [1.807, 2.05) is 4.57 Å². The molecule has 0 aliphatic carbocycles. The normalized spacial score (nSPS) is 10.9. The SMILES string of the molecule is CC(C)n1cncc1CNc1cccc(Cl)c1F. The van der Waals surface area contributed by atoms with Gasteiger partial charge in [0.1, 0.15) is 0 Å². The average Bonchev–Trinajstić information content (AvgIpc) is 2.79. The maximum Gasteiger partial charge on any atom is 0.164 e. The molecule has 1 heterocycles. The minimum absolute atomic E-state index is 0.123. The van der Waals surface area contributed by atoms with Crippen molar-refractivity contribution in [2.75, 3.05) is 5.32 Å². The minimum Gasteiger partial charge on any atom is -0.377 e. The largest absolute Gasteiger partial charge is 0.377 e. The summed E-state index contributed by atoms with van der Waals surface area (Å²) in [4.78, 5) is 4.10. The molecular formula is C13H15ClFN3. The van der Waals surface area contributed by atoms with Crippen LogP contribution in [0, 0.1) is 5.82 Å². The summed E-state index contributed by atoms with van der Waals surface area (Å²) in [5.41, 5.74) is 1.41. The monoisotopic (exact) mass is 267 g/mol. The molecule has 0 saturated carbocycles. The van der Waals surface area contributed by atoms with E-state index in [0.717, 1.165) is 5.69 Å². The molecule has 0 unspecified atom stereocenters. The first-order valence-corrected chi connectivity index (χ1v) is 6.16. The molecule has 0 aliphatic heterocycles. The van der Waals surface area contributed by atoms with Crippen LogP contribution in [-0.2, 0) is 6.54 Å². The Morgan fingerprint density at radius 1 is 1.44 bits per heavy atom. The van der Waals surface area contributed by atoms with Crippen LogP contribution in [0.3, 0.4) is 0 Å². The fourth-order valence-electron chi connectivity index (χ4n) is 1.76. The fraction of sp³-hybridized carbons (Fsp3) is 0.308. The molecule has 0 bridgehead atoms. The van der Waals surface area contributed by atoms with Gasteiger partial charge in [-0.3, -0.25) is 0 Å². The van der Waals surface area contributed by atoms with E-state index in [4.69, 9.17) is 11.6 Å². The van der Waals surface area contributed by atoms with Crippen molar-refractivity contribution in [2.24, 2.45) is 0 Å². The highest BCUT2D eigenvalue weighted by Crippen LogP contribution is 2.22. The van der Waals surface area contributed by atoms with Crippen molar-refractivity contribution in [3.05, 3.63) is 47.3 Å². The smallest absolute Gasteiger partial charge is 0.164 e. The minimum atomic E-state index is -0.422. The van der Waals surface area contributed by atoms with Gasteiger partial charge < -0.3 is 9.88 Å². The van der Waals surface area contributed by atoms with Gasteiger partial charge in [-0.15, -0.1) is 0 Å². The molecule has 18 heavy (non-hydrogen) atoms. The van der Waals surface area contributed by atoms with Gasteiger partial charge in [-0.1, -0.05) is 17.7 Å². The molecule has 0 amide bonds. The molecule has 0 aliphatic rings. The van der Waals surface area contributed by atoms with E-state index in [-0.39, 0.29) is 5.02 Å². The standard InChI is InChI=1S/C13H15ClFN3/c1-9(2)18-8-16-6-10(18)7-17-12-5-3-4-11(14)13(12)15/h3-6,8-9,17H,7H2,1-2H3. The molecule has 1 N–H and O–H groups in total. The number of hydrogen-bond acceptors (Lipinski definition) is 2. The van der Waals surface area contributed by atoms with Gasteiger partial charge in [-0.05, 0) is 26.0 Å². The third-order valence-electron chi connectivity index (χ3n) is 2.71. The lowest BCUT2D eigenvalue weighted by atomic mass is 10.3. The molecule has 0 atom stereocenters. The maximum absolute atomic E-state index is 13.7. The molecule has 2 aromatic rings. The van der Waals surface area contributed by atoms with Gasteiger partial charge >= 0.3 is 0 Å².